The fourth-order valence-electron chi connectivity index (χ4n) is 2.14. The molecule has 2 saturated heterocycles. The van der Waals surface area contributed by atoms with Crippen molar-refractivity contribution in [2.75, 3.05) is 11.5 Å². The van der Waals surface area contributed by atoms with Crippen molar-refractivity contribution in [3.05, 3.63) is 0 Å². The van der Waals surface area contributed by atoms with E-state index in [0.29, 0.717) is 0 Å². The van der Waals surface area contributed by atoms with Gasteiger partial charge in [-0.1, -0.05) is 0 Å². The van der Waals surface area contributed by atoms with Crippen molar-refractivity contribution < 1.29 is 23.1 Å². The van der Waals surface area contributed by atoms with Crippen LogP contribution in [-0.4, -0.2) is 42.9 Å². The molecule has 1 amide bonds. The molecule has 6 nitrogen and oxygen atoms in total. The molecule has 7 heteroatoms. The standard InChI is InChI=1S/C7H9NO5S/c9-5-1-7(6(10)11)3-14(12,13)2-4(7)8-5/h4H,1-3H2,(H,8,9)(H,10,11). The van der Waals surface area contributed by atoms with Crippen molar-refractivity contribution in [2.24, 2.45) is 5.41 Å². The molecule has 0 saturated carbocycles. The van der Waals surface area contributed by atoms with Crippen molar-refractivity contribution in [1.29, 1.82) is 0 Å². The summed E-state index contributed by atoms with van der Waals surface area (Å²) in [7, 11) is -3.33. The van der Waals surface area contributed by atoms with Gasteiger partial charge in [-0.3, -0.25) is 9.59 Å². The molecule has 0 radical (unpaired) electrons. The fourth-order valence-corrected chi connectivity index (χ4v) is 4.38. The third-order valence-corrected chi connectivity index (χ3v) is 4.60. The van der Waals surface area contributed by atoms with E-state index in [1.54, 1.807) is 0 Å². The van der Waals surface area contributed by atoms with Crippen molar-refractivity contribution in [3.63, 3.8) is 0 Å². The number of nitrogens with one attached hydrogen (secondary N) is 1. The summed E-state index contributed by atoms with van der Waals surface area (Å²) in [5, 5.41) is 11.4. The van der Waals surface area contributed by atoms with Crippen LogP contribution >= 0.6 is 0 Å². The summed E-state index contributed by atoms with van der Waals surface area (Å²) >= 11 is 0. The predicted molar refractivity (Wildman–Crippen MR) is 45.3 cm³/mol. The van der Waals surface area contributed by atoms with Gasteiger partial charge >= 0.3 is 5.97 Å². The summed E-state index contributed by atoms with van der Waals surface area (Å²) in [5.41, 5.74) is -1.42. The molecule has 0 aromatic heterocycles. The number of amides is 1. The number of hydrogen-bond donors (Lipinski definition) is 2. The minimum absolute atomic E-state index is 0.230. The van der Waals surface area contributed by atoms with Crippen LogP contribution in [0.15, 0.2) is 0 Å². The number of fused-ring (bicyclic) bond motifs is 1. The van der Waals surface area contributed by atoms with Crippen molar-refractivity contribution in [3.8, 4) is 0 Å². The van der Waals surface area contributed by atoms with E-state index in [0.717, 1.165) is 0 Å². The Morgan fingerprint density at radius 3 is 2.71 bits per heavy atom. The maximum Gasteiger partial charge on any atom is 0.313 e. The largest absolute Gasteiger partial charge is 0.481 e. The van der Waals surface area contributed by atoms with Gasteiger partial charge in [0.1, 0.15) is 5.41 Å². The molecule has 2 aliphatic rings. The Hall–Kier alpha value is -1.11. The van der Waals surface area contributed by atoms with Crippen molar-refractivity contribution in [2.45, 2.75) is 12.5 Å². The van der Waals surface area contributed by atoms with Crippen LogP contribution in [0.4, 0.5) is 0 Å². The quantitative estimate of drug-likeness (QED) is 0.551. The molecule has 0 spiro atoms. The number of hydrogen-bond acceptors (Lipinski definition) is 4. The Kier molecular flexibility index (Phi) is 1.67. The lowest BCUT2D eigenvalue weighted by Crippen LogP contribution is -2.41. The molecule has 2 rings (SSSR count). The first kappa shape index (κ1) is 9.45. The lowest BCUT2D eigenvalue weighted by atomic mass is 9.83. The van der Waals surface area contributed by atoms with Gasteiger partial charge in [0.25, 0.3) is 0 Å². The molecule has 2 unspecified atom stereocenters. The highest BCUT2D eigenvalue weighted by Crippen LogP contribution is 2.40. The second kappa shape index (κ2) is 2.47. The maximum atomic E-state index is 11.2. The van der Waals surface area contributed by atoms with E-state index in [2.05, 4.69) is 5.32 Å². The number of aliphatic carboxylic acids is 1. The van der Waals surface area contributed by atoms with Gasteiger partial charge in [-0.15, -0.1) is 0 Å². The topological polar surface area (TPSA) is 101 Å². The minimum atomic E-state index is -3.33. The average molecular weight is 219 g/mol. The second-order valence-corrected chi connectivity index (χ2v) is 5.92. The summed E-state index contributed by atoms with van der Waals surface area (Å²) in [6, 6.07) is -0.752. The Morgan fingerprint density at radius 2 is 2.21 bits per heavy atom. The Morgan fingerprint density at radius 1 is 1.57 bits per heavy atom. The number of carbonyl (C=O) groups is 2. The van der Waals surface area contributed by atoms with Crippen LogP contribution in [0.25, 0.3) is 0 Å². The van der Waals surface area contributed by atoms with Gasteiger partial charge in [0, 0.05) is 6.42 Å². The third kappa shape index (κ3) is 1.12. The van der Waals surface area contributed by atoms with Gasteiger partial charge in [0.05, 0.1) is 17.5 Å². The highest BCUT2D eigenvalue weighted by molar-refractivity contribution is 7.91. The molecule has 0 bridgehead atoms. The molecule has 78 valence electrons. The highest BCUT2D eigenvalue weighted by atomic mass is 32.2. The van der Waals surface area contributed by atoms with Crippen LogP contribution in [0.2, 0.25) is 0 Å². The van der Waals surface area contributed by atoms with Gasteiger partial charge in [0.2, 0.25) is 5.91 Å². The van der Waals surface area contributed by atoms with Crippen LogP contribution in [0.1, 0.15) is 6.42 Å². The molecule has 0 aromatic carbocycles. The second-order valence-electron chi connectivity index (χ2n) is 3.81. The first-order valence-corrected chi connectivity index (χ1v) is 5.91. The van der Waals surface area contributed by atoms with Crippen molar-refractivity contribution >= 4 is 21.7 Å². The lowest BCUT2D eigenvalue weighted by Gasteiger charge is -2.19. The van der Waals surface area contributed by atoms with Gasteiger partial charge in [0.15, 0.2) is 9.84 Å². The molecule has 2 heterocycles. The summed E-state index contributed by atoms with van der Waals surface area (Å²) in [4.78, 5) is 22.0. The number of carbonyl (C=O) groups excluding carboxylic acids is 1. The van der Waals surface area contributed by atoms with E-state index in [9.17, 15) is 18.0 Å². The molecule has 2 aliphatic heterocycles. The molecule has 2 fully saturated rings. The van der Waals surface area contributed by atoms with E-state index in [1.807, 2.05) is 0 Å². The minimum Gasteiger partial charge on any atom is -0.481 e. The first-order valence-electron chi connectivity index (χ1n) is 4.09. The van der Waals surface area contributed by atoms with Crippen LogP contribution in [0.5, 0.6) is 0 Å². The van der Waals surface area contributed by atoms with E-state index in [4.69, 9.17) is 5.11 Å². The highest BCUT2D eigenvalue weighted by Gasteiger charge is 2.60. The summed E-state index contributed by atoms with van der Waals surface area (Å²) in [5.74, 6) is -2.28. The molecule has 14 heavy (non-hydrogen) atoms. The number of carboxylic acids is 1. The van der Waals surface area contributed by atoms with E-state index >= 15 is 0 Å². The molecule has 0 aliphatic carbocycles. The molecule has 2 atom stereocenters. The van der Waals surface area contributed by atoms with Gasteiger partial charge < -0.3 is 10.4 Å². The van der Waals surface area contributed by atoms with Crippen LogP contribution < -0.4 is 5.32 Å². The zero-order chi connectivity index (χ0) is 10.6. The fraction of sp³-hybridized carbons (Fsp3) is 0.714. The predicted octanol–water partition coefficient (Wildman–Crippen LogP) is -1.63. The smallest absolute Gasteiger partial charge is 0.313 e. The zero-order valence-electron chi connectivity index (χ0n) is 7.19. The summed E-state index contributed by atoms with van der Waals surface area (Å²) in [6.07, 6.45) is -0.230. The van der Waals surface area contributed by atoms with E-state index in [-0.39, 0.29) is 18.1 Å². The van der Waals surface area contributed by atoms with Gasteiger partial charge in [-0.25, -0.2) is 8.42 Å². The first-order chi connectivity index (χ1) is 6.36. The average Bonchev–Trinajstić information content (AvgIpc) is 2.36. The summed E-state index contributed by atoms with van der Waals surface area (Å²) < 4.78 is 22.5. The van der Waals surface area contributed by atoms with Crippen molar-refractivity contribution in [1.82, 2.24) is 5.32 Å². The number of carboxylic acid groups (broad SMARTS) is 1. The Labute approximate surface area is 80.2 Å². The normalized spacial score (nSPS) is 39.1. The molecular formula is C7H9NO5S. The lowest BCUT2D eigenvalue weighted by molar-refractivity contribution is -0.148. The monoisotopic (exact) mass is 219 g/mol. The van der Waals surface area contributed by atoms with Gasteiger partial charge in [-0.05, 0) is 0 Å². The number of sulfone groups is 1. The number of rotatable bonds is 1. The van der Waals surface area contributed by atoms with Gasteiger partial charge in [-0.2, -0.15) is 0 Å². The van der Waals surface area contributed by atoms with E-state index < -0.39 is 33.0 Å². The maximum absolute atomic E-state index is 11.2. The van der Waals surface area contributed by atoms with E-state index in [1.165, 1.54) is 0 Å². The molecule has 2 N–H and O–H groups in total. The third-order valence-electron chi connectivity index (χ3n) is 2.80. The summed E-state index contributed by atoms with van der Waals surface area (Å²) in [6.45, 7) is 0. The van der Waals surface area contributed by atoms with Crippen LogP contribution in [0.3, 0.4) is 0 Å². The SMILES string of the molecule is O=C1CC2(C(=O)O)CS(=O)(=O)CC2N1. The zero-order valence-corrected chi connectivity index (χ0v) is 8.00. The molecular weight excluding hydrogens is 210 g/mol. The molecule has 0 aromatic rings. The van der Waals surface area contributed by atoms with Crippen LogP contribution in [0, 0.1) is 5.41 Å². The Bertz CT molecular complexity index is 414. The Balaban J connectivity index is 2.45. The van der Waals surface area contributed by atoms with Crippen LogP contribution in [-0.2, 0) is 19.4 Å².